The lowest BCUT2D eigenvalue weighted by Crippen LogP contribution is -2.03. The zero-order valence-electron chi connectivity index (χ0n) is 14.8. The van der Waals surface area contributed by atoms with E-state index >= 15 is 0 Å². The summed E-state index contributed by atoms with van der Waals surface area (Å²) in [5.41, 5.74) is 4.24. The number of imidazole rings is 1. The van der Waals surface area contributed by atoms with Gasteiger partial charge in [0, 0.05) is 23.6 Å². The van der Waals surface area contributed by atoms with Gasteiger partial charge in [0.1, 0.15) is 5.75 Å². The molecule has 27 heavy (non-hydrogen) atoms. The maximum Gasteiger partial charge on any atom is 0.197 e. The van der Waals surface area contributed by atoms with Crippen molar-refractivity contribution >= 4 is 37.8 Å². The maximum absolute atomic E-state index is 12.8. The first-order valence-electron chi connectivity index (χ1n) is 8.26. The van der Waals surface area contributed by atoms with E-state index in [2.05, 4.69) is 30.9 Å². The molecule has 4 aromatic rings. The highest BCUT2D eigenvalue weighted by Gasteiger charge is 2.15. The molecule has 1 aromatic carbocycles. The molecule has 0 radical (unpaired) electrons. The average molecular weight is 445 g/mol. The van der Waals surface area contributed by atoms with Gasteiger partial charge < -0.3 is 14.3 Å². The largest absolute Gasteiger partial charge is 0.496 e. The van der Waals surface area contributed by atoms with Gasteiger partial charge in [-0.15, -0.1) is 0 Å². The van der Waals surface area contributed by atoms with E-state index in [4.69, 9.17) is 4.74 Å². The zero-order chi connectivity index (χ0) is 19.0. The van der Waals surface area contributed by atoms with E-state index in [-0.39, 0.29) is 5.75 Å². The molecule has 3 aromatic heterocycles. The summed E-state index contributed by atoms with van der Waals surface area (Å²) in [6, 6.07) is 11.6. The topological polar surface area (TPSA) is 72.8 Å². The van der Waals surface area contributed by atoms with Crippen molar-refractivity contribution in [1.82, 2.24) is 19.5 Å². The number of benzene rings is 1. The van der Waals surface area contributed by atoms with Gasteiger partial charge in [0.05, 0.1) is 45.0 Å². The molecule has 1 atom stereocenters. The van der Waals surface area contributed by atoms with Crippen molar-refractivity contribution in [2.45, 2.75) is 17.8 Å². The van der Waals surface area contributed by atoms with Crippen molar-refractivity contribution in [1.29, 1.82) is 0 Å². The lowest BCUT2D eigenvalue weighted by Gasteiger charge is -2.08. The number of ether oxygens (including phenoxy) is 1. The number of methoxy groups -OCH3 is 1. The first-order valence-corrected chi connectivity index (χ1v) is 10.4. The van der Waals surface area contributed by atoms with E-state index in [9.17, 15) is 4.21 Å². The number of pyridine rings is 1. The minimum atomic E-state index is -1.34. The Bertz CT molecular complexity index is 1150. The van der Waals surface area contributed by atoms with Gasteiger partial charge in [-0.2, -0.15) is 0 Å². The van der Waals surface area contributed by atoms with E-state index in [0.29, 0.717) is 5.16 Å². The Labute approximate surface area is 167 Å². The van der Waals surface area contributed by atoms with Gasteiger partial charge in [0.15, 0.2) is 5.16 Å². The summed E-state index contributed by atoms with van der Waals surface area (Å²) in [6.45, 7) is 1.91. The highest BCUT2D eigenvalue weighted by atomic mass is 79.9. The highest BCUT2D eigenvalue weighted by molar-refractivity contribution is 9.10. The molecule has 0 bridgehead atoms. The van der Waals surface area contributed by atoms with Gasteiger partial charge >= 0.3 is 0 Å². The summed E-state index contributed by atoms with van der Waals surface area (Å²) in [5, 5.41) is 0.442. The normalized spacial score (nSPS) is 12.4. The molecule has 0 fully saturated rings. The number of nitrogens with zero attached hydrogens (tertiary/aromatic N) is 3. The van der Waals surface area contributed by atoms with Gasteiger partial charge in [-0.05, 0) is 59.3 Å². The molecule has 0 aliphatic carbocycles. The van der Waals surface area contributed by atoms with E-state index in [1.165, 1.54) is 0 Å². The summed E-state index contributed by atoms with van der Waals surface area (Å²) in [4.78, 5) is 12.0. The fraction of sp³-hybridized carbons (Fsp3) is 0.158. The summed E-state index contributed by atoms with van der Waals surface area (Å²) in [7, 11) is 0.278. The van der Waals surface area contributed by atoms with Gasteiger partial charge in [-0.3, -0.25) is 9.19 Å². The summed E-state index contributed by atoms with van der Waals surface area (Å²) in [6.07, 6.45) is 3.64. The minimum Gasteiger partial charge on any atom is -0.496 e. The van der Waals surface area contributed by atoms with Gasteiger partial charge in [-0.25, -0.2) is 4.98 Å². The van der Waals surface area contributed by atoms with Gasteiger partial charge in [0.25, 0.3) is 0 Å². The second kappa shape index (κ2) is 7.28. The molecule has 3 heterocycles. The van der Waals surface area contributed by atoms with Crippen LogP contribution < -0.4 is 4.74 Å². The molecule has 4 rings (SSSR count). The molecule has 8 heteroatoms. The van der Waals surface area contributed by atoms with Crippen LogP contribution >= 0.6 is 15.9 Å². The number of rotatable bonds is 5. The number of fused-ring (bicyclic) bond motifs is 1. The van der Waals surface area contributed by atoms with Crippen LogP contribution in [0.25, 0.3) is 16.7 Å². The van der Waals surface area contributed by atoms with Crippen LogP contribution in [0, 0.1) is 6.92 Å². The van der Waals surface area contributed by atoms with Crippen LogP contribution in [0.3, 0.4) is 0 Å². The molecule has 0 amide bonds. The molecule has 1 unspecified atom stereocenters. The molecular weight excluding hydrogens is 428 g/mol. The number of hydrogen-bond donors (Lipinski definition) is 1. The Morgan fingerprint density at radius 2 is 2.15 bits per heavy atom. The molecule has 6 nitrogen and oxygen atoms in total. The number of aromatic amines is 1. The third-order valence-electron chi connectivity index (χ3n) is 4.38. The van der Waals surface area contributed by atoms with Crippen molar-refractivity contribution in [3.63, 3.8) is 0 Å². The van der Waals surface area contributed by atoms with Gasteiger partial charge in [-0.1, -0.05) is 0 Å². The number of nitrogens with one attached hydrogen (secondary N) is 1. The van der Waals surface area contributed by atoms with E-state index in [0.717, 1.165) is 38.3 Å². The lowest BCUT2D eigenvalue weighted by atomic mass is 10.2. The molecule has 0 saturated heterocycles. The third-order valence-corrected chi connectivity index (χ3v) is 6.19. The zero-order valence-corrected chi connectivity index (χ0v) is 17.2. The third kappa shape index (κ3) is 3.42. The van der Waals surface area contributed by atoms with Crippen molar-refractivity contribution in [2.75, 3.05) is 7.11 Å². The van der Waals surface area contributed by atoms with E-state index < -0.39 is 10.8 Å². The minimum absolute atomic E-state index is 0.277. The number of aromatic nitrogens is 4. The summed E-state index contributed by atoms with van der Waals surface area (Å²) < 4.78 is 21.1. The van der Waals surface area contributed by atoms with Crippen molar-refractivity contribution in [2.24, 2.45) is 0 Å². The second-order valence-corrected chi connectivity index (χ2v) is 8.20. The van der Waals surface area contributed by atoms with Crippen LogP contribution in [-0.2, 0) is 16.6 Å². The van der Waals surface area contributed by atoms with Crippen LogP contribution in [0.1, 0.15) is 11.3 Å². The molecule has 0 saturated carbocycles. The Hall–Kier alpha value is -2.45. The number of hydrogen-bond acceptors (Lipinski definition) is 4. The first-order chi connectivity index (χ1) is 13.1. The molecule has 0 aliphatic rings. The van der Waals surface area contributed by atoms with Crippen molar-refractivity contribution < 1.29 is 8.95 Å². The van der Waals surface area contributed by atoms with Crippen molar-refractivity contribution in [3.8, 4) is 11.4 Å². The molecule has 0 spiro atoms. The van der Waals surface area contributed by atoms with E-state index in [1.54, 1.807) is 19.4 Å². The first kappa shape index (κ1) is 17.9. The fourth-order valence-electron chi connectivity index (χ4n) is 2.92. The Morgan fingerprint density at radius 3 is 2.89 bits per heavy atom. The monoisotopic (exact) mass is 444 g/mol. The predicted octanol–water partition coefficient (Wildman–Crippen LogP) is 4.14. The van der Waals surface area contributed by atoms with Crippen LogP contribution in [-0.4, -0.2) is 30.8 Å². The Kier molecular flexibility index (Phi) is 4.84. The lowest BCUT2D eigenvalue weighted by molar-refractivity contribution is 0.410. The molecular formula is C19H17BrN4O2S. The molecule has 1 N–H and O–H groups in total. The predicted molar refractivity (Wildman–Crippen MR) is 109 cm³/mol. The van der Waals surface area contributed by atoms with Crippen molar-refractivity contribution in [3.05, 3.63) is 64.7 Å². The SMILES string of the molecule is COc1ccnc(CS(=O)c2nc3ccc(-n4cccc4Br)cc3[nH]2)c1C. The maximum atomic E-state index is 12.8. The van der Waals surface area contributed by atoms with Gasteiger partial charge in [0.2, 0.25) is 0 Å². The summed E-state index contributed by atoms with van der Waals surface area (Å²) >= 11 is 3.52. The van der Waals surface area contributed by atoms with Crippen LogP contribution in [0.15, 0.2) is 58.6 Å². The number of halogens is 1. The Morgan fingerprint density at radius 1 is 1.30 bits per heavy atom. The van der Waals surface area contributed by atoms with Crippen LogP contribution in [0.2, 0.25) is 0 Å². The molecule has 0 aliphatic heterocycles. The van der Waals surface area contributed by atoms with Crippen LogP contribution in [0.5, 0.6) is 5.75 Å². The number of H-pyrrole nitrogens is 1. The van der Waals surface area contributed by atoms with Crippen LogP contribution in [0.4, 0.5) is 0 Å². The highest BCUT2D eigenvalue weighted by Crippen LogP contribution is 2.24. The summed E-state index contributed by atoms with van der Waals surface area (Å²) in [5.74, 6) is 1.02. The standard InChI is InChI=1S/C19H17BrN4O2S/c1-12-16(21-8-7-17(12)26-2)11-27(25)19-22-14-6-5-13(10-15(14)23-19)24-9-3-4-18(24)20/h3-10H,11H2,1-2H3,(H,22,23). The fourth-order valence-corrected chi connectivity index (χ4v) is 4.50. The van der Waals surface area contributed by atoms with E-state index in [1.807, 2.05) is 48.0 Å². The second-order valence-electron chi connectivity index (χ2n) is 6.02. The average Bonchev–Trinajstić information content (AvgIpc) is 3.28. The smallest absolute Gasteiger partial charge is 0.197 e. The quantitative estimate of drug-likeness (QED) is 0.501. The molecule has 138 valence electrons. The Balaban J connectivity index is 1.64.